The molecule has 0 atom stereocenters. The van der Waals surface area contributed by atoms with Gasteiger partial charge in [0.2, 0.25) is 10.0 Å². The van der Waals surface area contributed by atoms with Gasteiger partial charge in [0.25, 0.3) is 0 Å². The zero-order chi connectivity index (χ0) is 13.9. The van der Waals surface area contributed by atoms with Crippen LogP contribution in [0.2, 0.25) is 0 Å². The second kappa shape index (κ2) is 5.73. The number of fused-ring (bicyclic) bond motifs is 1. The largest absolute Gasteiger partial charge is 0.361 e. The molecule has 0 amide bonds. The highest BCUT2D eigenvalue weighted by Gasteiger charge is 2.13. The number of nitrogens with zero attached hydrogens (tertiary/aromatic N) is 1. The third kappa shape index (κ3) is 3.56. The van der Waals surface area contributed by atoms with E-state index in [4.69, 9.17) is 0 Å². The van der Waals surface area contributed by atoms with Crippen molar-refractivity contribution in [2.24, 2.45) is 0 Å². The van der Waals surface area contributed by atoms with Crippen LogP contribution in [-0.4, -0.2) is 45.5 Å². The Kier molecular flexibility index (Phi) is 4.24. The van der Waals surface area contributed by atoms with Crippen molar-refractivity contribution in [2.45, 2.75) is 11.3 Å². The smallest absolute Gasteiger partial charge is 0.240 e. The minimum Gasteiger partial charge on any atom is -0.361 e. The second-order valence-electron chi connectivity index (χ2n) is 4.78. The van der Waals surface area contributed by atoms with Crippen LogP contribution in [-0.2, 0) is 10.0 Å². The lowest BCUT2D eigenvalue weighted by Crippen LogP contribution is -2.27. The van der Waals surface area contributed by atoms with E-state index in [-0.39, 0.29) is 0 Å². The van der Waals surface area contributed by atoms with E-state index in [2.05, 4.69) is 9.71 Å². The highest BCUT2D eigenvalue weighted by atomic mass is 32.2. The summed E-state index contributed by atoms with van der Waals surface area (Å²) >= 11 is 0. The third-order valence-electron chi connectivity index (χ3n) is 2.91. The Hall–Kier alpha value is -1.37. The molecule has 19 heavy (non-hydrogen) atoms. The number of hydrogen-bond acceptors (Lipinski definition) is 3. The van der Waals surface area contributed by atoms with E-state index in [1.165, 1.54) is 0 Å². The van der Waals surface area contributed by atoms with E-state index in [1.807, 2.05) is 25.1 Å². The molecule has 0 unspecified atom stereocenters. The van der Waals surface area contributed by atoms with Crippen LogP contribution in [0.3, 0.4) is 0 Å². The summed E-state index contributed by atoms with van der Waals surface area (Å²) in [5, 5.41) is 0.899. The van der Waals surface area contributed by atoms with Gasteiger partial charge in [0.15, 0.2) is 0 Å². The molecule has 104 valence electrons. The average Bonchev–Trinajstić information content (AvgIpc) is 2.81. The number of sulfonamides is 1. The summed E-state index contributed by atoms with van der Waals surface area (Å²) < 4.78 is 26.8. The summed E-state index contributed by atoms with van der Waals surface area (Å²) in [6.45, 7) is 1.31. The van der Waals surface area contributed by atoms with Gasteiger partial charge in [-0.15, -0.1) is 0 Å². The molecule has 0 aliphatic carbocycles. The molecule has 2 aromatic rings. The predicted molar refractivity (Wildman–Crippen MR) is 76.7 cm³/mol. The molecule has 5 nitrogen and oxygen atoms in total. The molecule has 0 aliphatic heterocycles. The van der Waals surface area contributed by atoms with Crippen molar-refractivity contribution < 1.29 is 8.42 Å². The molecule has 1 aromatic carbocycles. The predicted octanol–water partition coefficient (Wildman–Crippen LogP) is 1.40. The molecule has 0 aliphatic rings. The molecule has 0 fully saturated rings. The molecule has 0 bridgehead atoms. The molecular formula is C13H19N3O2S. The molecule has 1 heterocycles. The number of aromatic nitrogens is 1. The van der Waals surface area contributed by atoms with Crippen molar-refractivity contribution in [3.8, 4) is 0 Å². The zero-order valence-corrected chi connectivity index (χ0v) is 12.0. The van der Waals surface area contributed by atoms with Gasteiger partial charge in [0.1, 0.15) is 0 Å². The molecule has 0 saturated carbocycles. The molecule has 2 N–H and O–H groups in total. The van der Waals surface area contributed by atoms with E-state index in [1.54, 1.807) is 24.4 Å². The van der Waals surface area contributed by atoms with Crippen LogP contribution < -0.4 is 4.72 Å². The minimum atomic E-state index is -3.41. The van der Waals surface area contributed by atoms with Crippen molar-refractivity contribution in [1.82, 2.24) is 14.6 Å². The van der Waals surface area contributed by atoms with Crippen LogP contribution in [0.25, 0.3) is 10.9 Å². The molecule has 6 heteroatoms. The van der Waals surface area contributed by atoms with Gasteiger partial charge < -0.3 is 9.88 Å². The van der Waals surface area contributed by atoms with Gasteiger partial charge in [-0.2, -0.15) is 0 Å². The Balaban J connectivity index is 2.06. The summed E-state index contributed by atoms with van der Waals surface area (Å²) in [4.78, 5) is 5.38. The van der Waals surface area contributed by atoms with E-state index < -0.39 is 10.0 Å². The van der Waals surface area contributed by atoms with Crippen LogP contribution in [0.4, 0.5) is 0 Å². The number of rotatable bonds is 6. The fraction of sp³-hybridized carbons (Fsp3) is 0.385. The zero-order valence-electron chi connectivity index (χ0n) is 11.2. The first-order valence-corrected chi connectivity index (χ1v) is 7.69. The number of nitrogens with one attached hydrogen (secondary N) is 2. The van der Waals surface area contributed by atoms with E-state index in [0.717, 1.165) is 23.9 Å². The Morgan fingerprint density at radius 2 is 2.05 bits per heavy atom. The monoisotopic (exact) mass is 281 g/mol. The first-order chi connectivity index (χ1) is 8.99. The van der Waals surface area contributed by atoms with Gasteiger partial charge in [-0.05, 0) is 51.3 Å². The van der Waals surface area contributed by atoms with Gasteiger partial charge in [0, 0.05) is 23.6 Å². The Bertz CT molecular complexity index is 647. The number of aromatic amines is 1. The molecule has 0 saturated heterocycles. The maximum Gasteiger partial charge on any atom is 0.240 e. The number of hydrogen-bond donors (Lipinski definition) is 2. The van der Waals surface area contributed by atoms with E-state index in [0.29, 0.717) is 11.4 Å². The van der Waals surface area contributed by atoms with Gasteiger partial charge >= 0.3 is 0 Å². The lowest BCUT2D eigenvalue weighted by atomic mass is 10.2. The molecule has 0 radical (unpaired) electrons. The maximum atomic E-state index is 12.1. The molecular weight excluding hydrogens is 262 g/mol. The molecule has 2 rings (SSSR count). The quantitative estimate of drug-likeness (QED) is 0.787. The third-order valence-corrected chi connectivity index (χ3v) is 4.37. The maximum absolute atomic E-state index is 12.1. The highest BCUT2D eigenvalue weighted by Crippen LogP contribution is 2.17. The fourth-order valence-electron chi connectivity index (χ4n) is 1.88. The first kappa shape index (κ1) is 14.0. The lowest BCUT2D eigenvalue weighted by molar-refractivity contribution is 0.400. The first-order valence-electron chi connectivity index (χ1n) is 6.20. The van der Waals surface area contributed by atoms with E-state index in [9.17, 15) is 8.42 Å². The van der Waals surface area contributed by atoms with Gasteiger partial charge in [0.05, 0.1) is 4.90 Å². The van der Waals surface area contributed by atoms with Crippen molar-refractivity contribution in [2.75, 3.05) is 27.2 Å². The van der Waals surface area contributed by atoms with Gasteiger partial charge in [-0.3, -0.25) is 0 Å². The summed E-state index contributed by atoms with van der Waals surface area (Å²) in [7, 11) is 0.523. The summed E-state index contributed by atoms with van der Waals surface area (Å²) in [5.74, 6) is 0. The highest BCUT2D eigenvalue weighted by molar-refractivity contribution is 7.89. The number of benzene rings is 1. The summed E-state index contributed by atoms with van der Waals surface area (Å²) in [6.07, 6.45) is 2.59. The van der Waals surface area contributed by atoms with Crippen LogP contribution in [0.5, 0.6) is 0 Å². The van der Waals surface area contributed by atoms with Crippen molar-refractivity contribution in [3.05, 3.63) is 30.5 Å². The van der Waals surface area contributed by atoms with E-state index >= 15 is 0 Å². The Labute approximate surface area is 113 Å². The molecule has 0 spiro atoms. The normalized spacial score (nSPS) is 12.4. The summed E-state index contributed by atoms with van der Waals surface area (Å²) in [5.41, 5.74) is 0.937. The van der Waals surface area contributed by atoms with Gasteiger partial charge in [-0.25, -0.2) is 13.1 Å². The SMILES string of the molecule is CN(C)CCCNS(=O)(=O)c1ccc2[nH]ccc2c1. The topological polar surface area (TPSA) is 65.2 Å². The lowest BCUT2D eigenvalue weighted by Gasteiger charge is -2.10. The van der Waals surface area contributed by atoms with Crippen molar-refractivity contribution in [1.29, 1.82) is 0 Å². The number of H-pyrrole nitrogens is 1. The van der Waals surface area contributed by atoms with Crippen molar-refractivity contribution in [3.63, 3.8) is 0 Å². The second-order valence-corrected chi connectivity index (χ2v) is 6.55. The molecule has 1 aromatic heterocycles. The van der Waals surface area contributed by atoms with Gasteiger partial charge in [-0.1, -0.05) is 0 Å². The minimum absolute atomic E-state index is 0.310. The fourth-order valence-corrected chi connectivity index (χ4v) is 2.99. The van der Waals surface area contributed by atoms with Crippen LogP contribution in [0.1, 0.15) is 6.42 Å². The standard InChI is InChI=1S/C13H19N3O2S/c1-16(2)9-3-7-15-19(17,18)12-4-5-13-11(10-12)6-8-14-13/h4-6,8,10,14-15H,3,7,9H2,1-2H3. The van der Waals surface area contributed by atoms with Crippen LogP contribution in [0, 0.1) is 0 Å². The van der Waals surface area contributed by atoms with Crippen molar-refractivity contribution >= 4 is 20.9 Å². The summed E-state index contributed by atoms with van der Waals surface area (Å²) in [6, 6.07) is 6.94. The van der Waals surface area contributed by atoms with Crippen LogP contribution >= 0.6 is 0 Å². The Morgan fingerprint density at radius 1 is 1.26 bits per heavy atom. The van der Waals surface area contributed by atoms with Crippen LogP contribution in [0.15, 0.2) is 35.4 Å². The average molecular weight is 281 g/mol. The Morgan fingerprint density at radius 3 is 2.79 bits per heavy atom.